The van der Waals surface area contributed by atoms with E-state index in [0.717, 1.165) is 22.1 Å². The number of halogens is 1. The molecule has 0 amide bonds. The molecule has 0 aliphatic rings. The van der Waals surface area contributed by atoms with Crippen molar-refractivity contribution >= 4 is 27.7 Å². The van der Waals surface area contributed by atoms with Gasteiger partial charge < -0.3 is 4.74 Å². The van der Waals surface area contributed by atoms with Gasteiger partial charge in [-0.3, -0.25) is 0 Å². The van der Waals surface area contributed by atoms with Crippen LogP contribution in [0.25, 0.3) is 6.08 Å². The molecule has 0 bridgehead atoms. The topological polar surface area (TPSA) is 55.4 Å². The van der Waals surface area contributed by atoms with Gasteiger partial charge in [-0.25, -0.2) is 13.1 Å². The van der Waals surface area contributed by atoms with E-state index >= 15 is 0 Å². The monoisotopic (exact) mass is 365 g/mol. The molecule has 2 aromatic carbocycles. The van der Waals surface area contributed by atoms with Crippen LogP contribution in [0.5, 0.6) is 0 Å². The Labute approximate surface area is 148 Å². The zero-order chi connectivity index (χ0) is 17.6. The molecule has 4 nitrogen and oxygen atoms in total. The first-order chi connectivity index (χ1) is 11.4. The predicted molar refractivity (Wildman–Crippen MR) is 98.3 cm³/mol. The zero-order valence-corrected chi connectivity index (χ0v) is 15.1. The fraction of sp³-hybridized carbons (Fsp3) is 0.222. The lowest BCUT2D eigenvalue weighted by atomic mass is 10.1. The standard InChI is InChI=1S/C18H20ClNO3S/c1-14-7-9-15(10-8-14)11-12-24(21,22)20-13-18(23-2)16-5-3-4-6-17(16)19/h3-12,18,20H,13H2,1-2H3/b12-11+. The van der Waals surface area contributed by atoms with Crippen LogP contribution in [0, 0.1) is 6.92 Å². The van der Waals surface area contributed by atoms with Gasteiger partial charge in [-0.2, -0.15) is 0 Å². The number of benzene rings is 2. The summed E-state index contributed by atoms with van der Waals surface area (Å²) in [6.45, 7) is 2.08. The Morgan fingerprint density at radius 1 is 1.17 bits per heavy atom. The molecule has 0 heterocycles. The first-order valence-electron chi connectivity index (χ1n) is 7.43. The van der Waals surface area contributed by atoms with Crippen LogP contribution >= 0.6 is 11.6 Å². The minimum atomic E-state index is -3.57. The molecule has 0 aliphatic carbocycles. The average Bonchev–Trinajstić information content (AvgIpc) is 2.56. The van der Waals surface area contributed by atoms with Crippen LogP contribution in [-0.2, 0) is 14.8 Å². The van der Waals surface area contributed by atoms with Crippen molar-refractivity contribution in [3.8, 4) is 0 Å². The van der Waals surface area contributed by atoms with Crippen molar-refractivity contribution in [1.82, 2.24) is 4.72 Å². The van der Waals surface area contributed by atoms with Gasteiger partial charge in [-0.05, 0) is 24.6 Å². The first kappa shape index (κ1) is 18.7. The van der Waals surface area contributed by atoms with Gasteiger partial charge in [0.25, 0.3) is 0 Å². The van der Waals surface area contributed by atoms with Crippen molar-refractivity contribution < 1.29 is 13.2 Å². The summed E-state index contributed by atoms with van der Waals surface area (Å²) in [5.41, 5.74) is 2.68. The molecule has 2 aromatic rings. The maximum atomic E-state index is 12.1. The summed E-state index contributed by atoms with van der Waals surface area (Å²) in [6.07, 6.45) is 1.10. The summed E-state index contributed by atoms with van der Waals surface area (Å²) < 4.78 is 32.1. The third-order valence-electron chi connectivity index (χ3n) is 3.52. The van der Waals surface area contributed by atoms with E-state index in [2.05, 4.69) is 4.72 Å². The minimum Gasteiger partial charge on any atom is -0.375 e. The molecule has 1 unspecified atom stereocenters. The normalized spacial score (nSPS) is 13.3. The highest BCUT2D eigenvalue weighted by Gasteiger charge is 2.16. The smallest absolute Gasteiger partial charge is 0.233 e. The lowest BCUT2D eigenvalue weighted by Crippen LogP contribution is -2.27. The number of sulfonamides is 1. The van der Waals surface area contributed by atoms with Gasteiger partial charge in [0.05, 0.1) is 6.10 Å². The largest absolute Gasteiger partial charge is 0.375 e. The molecule has 24 heavy (non-hydrogen) atoms. The maximum absolute atomic E-state index is 12.1. The molecular weight excluding hydrogens is 346 g/mol. The van der Waals surface area contributed by atoms with Crippen molar-refractivity contribution in [2.45, 2.75) is 13.0 Å². The number of rotatable bonds is 7. The molecule has 1 atom stereocenters. The first-order valence-corrected chi connectivity index (χ1v) is 9.35. The summed E-state index contributed by atoms with van der Waals surface area (Å²) in [6, 6.07) is 14.8. The molecule has 0 aliphatic heterocycles. The van der Waals surface area contributed by atoms with E-state index in [-0.39, 0.29) is 6.54 Å². The fourth-order valence-electron chi connectivity index (χ4n) is 2.14. The Balaban J connectivity index is 2.03. The van der Waals surface area contributed by atoms with Crippen LogP contribution in [0.2, 0.25) is 5.02 Å². The Kier molecular flexibility index (Phi) is 6.57. The van der Waals surface area contributed by atoms with Crippen molar-refractivity contribution in [2.75, 3.05) is 13.7 Å². The second kappa shape index (κ2) is 8.44. The third-order valence-corrected chi connectivity index (χ3v) is 4.93. The zero-order valence-electron chi connectivity index (χ0n) is 13.6. The third kappa shape index (κ3) is 5.46. The van der Waals surface area contributed by atoms with Crippen LogP contribution in [0.1, 0.15) is 22.8 Å². The summed E-state index contributed by atoms with van der Waals surface area (Å²) in [7, 11) is -2.05. The summed E-state index contributed by atoms with van der Waals surface area (Å²) in [4.78, 5) is 0. The van der Waals surface area contributed by atoms with Crippen molar-refractivity contribution in [2.24, 2.45) is 0 Å². The molecule has 6 heteroatoms. The van der Waals surface area contributed by atoms with E-state index in [1.807, 2.05) is 49.4 Å². The van der Waals surface area contributed by atoms with Crippen LogP contribution < -0.4 is 4.72 Å². The van der Waals surface area contributed by atoms with Gasteiger partial charge in [0.2, 0.25) is 10.0 Å². The van der Waals surface area contributed by atoms with Crippen LogP contribution in [0.4, 0.5) is 0 Å². The van der Waals surface area contributed by atoms with Gasteiger partial charge in [0, 0.05) is 29.6 Å². The van der Waals surface area contributed by atoms with Crippen LogP contribution in [0.3, 0.4) is 0 Å². The highest BCUT2D eigenvalue weighted by molar-refractivity contribution is 7.92. The number of hydrogen-bond donors (Lipinski definition) is 1. The van der Waals surface area contributed by atoms with Gasteiger partial charge >= 0.3 is 0 Å². The molecule has 1 N–H and O–H groups in total. The van der Waals surface area contributed by atoms with Gasteiger partial charge in [0.15, 0.2) is 0 Å². The van der Waals surface area contributed by atoms with Gasteiger partial charge in [-0.1, -0.05) is 59.6 Å². The van der Waals surface area contributed by atoms with Crippen molar-refractivity contribution in [3.05, 3.63) is 75.7 Å². The maximum Gasteiger partial charge on any atom is 0.233 e. The van der Waals surface area contributed by atoms with Crippen LogP contribution in [-0.4, -0.2) is 22.1 Å². The highest BCUT2D eigenvalue weighted by atomic mass is 35.5. The van der Waals surface area contributed by atoms with E-state index in [1.54, 1.807) is 12.1 Å². The SMILES string of the molecule is COC(CNS(=O)(=O)/C=C/c1ccc(C)cc1)c1ccccc1Cl. The molecule has 0 fully saturated rings. The second-order valence-corrected chi connectivity index (χ2v) is 7.41. The predicted octanol–water partition coefficient (Wildman–Crippen LogP) is 3.93. The second-order valence-electron chi connectivity index (χ2n) is 5.35. The van der Waals surface area contributed by atoms with Gasteiger partial charge in [0.1, 0.15) is 0 Å². The minimum absolute atomic E-state index is 0.0980. The van der Waals surface area contributed by atoms with E-state index in [4.69, 9.17) is 16.3 Å². The molecule has 2 rings (SSSR count). The Hall–Kier alpha value is -1.66. The Morgan fingerprint density at radius 3 is 2.46 bits per heavy atom. The molecule has 128 valence electrons. The quantitative estimate of drug-likeness (QED) is 0.808. The number of nitrogens with one attached hydrogen (secondary N) is 1. The number of ether oxygens (including phenoxy) is 1. The number of aryl methyl sites for hydroxylation is 1. The summed E-state index contributed by atoms with van der Waals surface area (Å²) >= 11 is 6.13. The summed E-state index contributed by atoms with van der Waals surface area (Å²) in [5, 5.41) is 1.69. The number of methoxy groups -OCH3 is 1. The summed E-state index contributed by atoms with van der Waals surface area (Å²) in [5.74, 6) is 0. The molecule has 0 radical (unpaired) electrons. The highest BCUT2D eigenvalue weighted by Crippen LogP contribution is 2.24. The fourth-order valence-corrected chi connectivity index (χ4v) is 3.22. The molecule has 0 saturated heterocycles. The van der Waals surface area contributed by atoms with E-state index in [9.17, 15) is 8.42 Å². The van der Waals surface area contributed by atoms with Crippen molar-refractivity contribution in [3.63, 3.8) is 0 Å². The average molecular weight is 366 g/mol. The van der Waals surface area contributed by atoms with Gasteiger partial charge in [-0.15, -0.1) is 0 Å². The van der Waals surface area contributed by atoms with E-state index in [0.29, 0.717) is 5.02 Å². The molecule has 0 aromatic heterocycles. The van der Waals surface area contributed by atoms with E-state index in [1.165, 1.54) is 7.11 Å². The molecule has 0 spiro atoms. The lowest BCUT2D eigenvalue weighted by molar-refractivity contribution is 0.107. The Morgan fingerprint density at radius 2 is 1.83 bits per heavy atom. The van der Waals surface area contributed by atoms with Crippen molar-refractivity contribution in [1.29, 1.82) is 0 Å². The van der Waals surface area contributed by atoms with E-state index < -0.39 is 16.1 Å². The molecule has 0 saturated carbocycles. The van der Waals surface area contributed by atoms with Crippen LogP contribution in [0.15, 0.2) is 53.9 Å². The number of hydrogen-bond acceptors (Lipinski definition) is 3. The molecular formula is C18H20ClNO3S. The Bertz CT molecular complexity index is 801. The lowest BCUT2D eigenvalue weighted by Gasteiger charge is -2.17.